The molecule has 2 fully saturated rings. The first-order valence-electron chi connectivity index (χ1n) is 9.18. The molecular weight excluding hydrogens is 359 g/mol. The van der Waals surface area contributed by atoms with Gasteiger partial charge < -0.3 is 9.64 Å². The minimum Gasteiger partial charge on any atom is -0.377 e. The van der Waals surface area contributed by atoms with Crippen LogP contribution in [0.1, 0.15) is 31.2 Å². The van der Waals surface area contributed by atoms with Gasteiger partial charge >= 0.3 is 0 Å². The van der Waals surface area contributed by atoms with Gasteiger partial charge in [0.1, 0.15) is 0 Å². The third-order valence-corrected chi connectivity index (χ3v) is 5.92. The zero-order valence-corrected chi connectivity index (χ0v) is 16.1. The third-order valence-electron chi connectivity index (χ3n) is 5.07. The average Bonchev–Trinajstić information content (AvgIpc) is 3.00. The molecule has 138 valence electrons. The number of ether oxygens (including phenoxy) is 1. The normalized spacial score (nSPS) is 22.2. The van der Waals surface area contributed by atoms with Crippen LogP contribution >= 0.6 is 23.2 Å². The Labute approximate surface area is 160 Å². The molecule has 25 heavy (non-hydrogen) atoms. The highest BCUT2D eigenvalue weighted by atomic mass is 35.5. The van der Waals surface area contributed by atoms with Gasteiger partial charge in [0, 0.05) is 39.2 Å². The first-order valence-corrected chi connectivity index (χ1v) is 9.93. The molecule has 2 aliphatic heterocycles. The van der Waals surface area contributed by atoms with Crippen molar-refractivity contribution in [3.05, 3.63) is 33.8 Å². The second-order valence-electron chi connectivity index (χ2n) is 6.88. The summed E-state index contributed by atoms with van der Waals surface area (Å²) in [7, 11) is 0. The summed E-state index contributed by atoms with van der Waals surface area (Å²) >= 11 is 12.3. The minimum atomic E-state index is 0.204. The Hall–Kier alpha value is -0.810. The number of hydrogen-bond acceptors (Lipinski definition) is 3. The summed E-state index contributed by atoms with van der Waals surface area (Å²) in [4.78, 5) is 17.0. The van der Waals surface area contributed by atoms with E-state index < -0.39 is 0 Å². The average molecular weight is 385 g/mol. The van der Waals surface area contributed by atoms with Gasteiger partial charge in [-0.2, -0.15) is 0 Å². The van der Waals surface area contributed by atoms with Gasteiger partial charge in [0.2, 0.25) is 5.91 Å². The van der Waals surface area contributed by atoms with E-state index in [1.807, 2.05) is 17.0 Å². The zero-order valence-electron chi connectivity index (χ0n) is 14.6. The van der Waals surface area contributed by atoms with E-state index in [-0.39, 0.29) is 5.91 Å². The largest absolute Gasteiger partial charge is 0.377 e. The number of rotatable bonds is 5. The molecule has 1 unspecified atom stereocenters. The second kappa shape index (κ2) is 9.22. The molecule has 6 heteroatoms. The Morgan fingerprint density at radius 1 is 1.16 bits per heavy atom. The van der Waals surface area contributed by atoms with Crippen molar-refractivity contribution in [2.24, 2.45) is 0 Å². The number of carbonyl (C=O) groups is 1. The van der Waals surface area contributed by atoms with Crippen molar-refractivity contribution in [1.82, 2.24) is 9.80 Å². The van der Waals surface area contributed by atoms with E-state index in [2.05, 4.69) is 4.90 Å². The maximum absolute atomic E-state index is 12.6. The number of nitrogens with zero attached hydrogens (tertiary/aromatic N) is 2. The van der Waals surface area contributed by atoms with Crippen LogP contribution in [0.25, 0.3) is 0 Å². The molecule has 2 heterocycles. The van der Waals surface area contributed by atoms with Crippen LogP contribution in [0.5, 0.6) is 0 Å². The predicted octanol–water partition coefficient (Wildman–Crippen LogP) is 3.64. The number of carbonyl (C=O) groups excluding carboxylic acids is 1. The highest BCUT2D eigenvalue weighted by Gasteiger charge is 2.23. The van der Waals surface area contributed by atoms with Gasteiger partial charge in [-0.1, -0.05) is 35.3 Å². The summed E-state index contributed by atoms with van der Waals surface area (Å²) in [6, 6.07) is 5.59. The Bertz CT molecular complexity index is 591. The molecule has 0 bridgehead atoms. The van der Waals surface area contributed by atoms with Crippen molar-refractivity contribution < 1.29 is 9.53 Å². The van der Waals surface area contributed by atoms with E-state index in [9.17, 15) is 4.79 Å². The van der Waals surface area contributed by atoms with Gasteiger partial charge in [-0.3, -0.25) is 9.69 Å². The zero-order chi connectivity index (χ0) is 17.6. The molecule has 0 N–H and O–H groups in total. The number of halogens is 2. The molecule has 1 aromatic rings. The fourth-order valence-electron chi connectivity index (χ4n) is 3.62. The van der Waals surface area contributed by atoms with Crippen LogP contribution in [-0.4, -0.2) is 61.1 Å². The lowest BCUT2D eigenvalue weighted by Gasteiger charge is -2.24. The molecule has 1 atom stereocenters. The molecule has 0 radical (unpaired) electrons. The lowest BCUT2D eigenvalue weighted by molar-refractivity contribution is -0.131. The molecule has 4 nitrogen and oxygen atoms in total. The quantitative estimate of drug-likeness (QED) is 0.776. The molecule has 0 saturated carbocycles. The van der Waals surface area contributed by atoms with Crippen molar-refractivity contribution in [3.63, 3.8) is 0 Å². The summed E-state index contributed by atoms with van der Waals surface area (Å²) in [5, 5.41) is 1.11. The molecule has 2 aliphatic rings. The van der Waals surface area contributed by atoms with Crippen LogP contribution in [0, 0.1) is 0 Å². The van der Waals surface area contributed by atoms with Crippen LogP contribution in [0.2, 0.25) is 10.0 Å². The molecule has 0 spiro atoms. The SMILES string of the molecule is O=C(CCc1cccc(Cl)c1Cl)N1CCCN(CC2CCCO2)CC1. The molecule has 0 aliphatic carbocycles. The minimum absolute atomic E-state index is 0.204. The van der Waals surface area contributed by atoms with Gasteiger partial charge in [0.25, 0.3) is 0 Å². The first-order chi connectivity index (χ1) is 12.1. The molecule has 2 saturated heterocycles. The van der Waals surface area contributed by atoms with Crippen LogP contribution in [0.15, 0.2) is 18.2 Å². The van der Waals surface area contributed by atoms with Crippen LogP contribution in [0.3, 0.4) is 0 Å². The topological polar surface area (TPSA) is 32.8 Å². The molecule has 1 aromatic carbocycles. The summed E-state index contributed by atoms with van der Waals surface area (Å²) in [5.74, 6) is 0.204. The fourth-order valence-corrected chi connectivity index (χ4v) is 4.04. The number of amides is 1. The van der Waals surface area contributed by atoms with Crippen LogP contribution < -0.4 is 0 Å². The van der Waals surface area contributed by atoms with E-state index in [0.717, 1.165) is 51.3 Å². The molecule has 0 aromatic heterocycles. The summed E-state index contributed by atoms with van der Waals surface area (Å²) in [5.41, 5.74) is 0.942. The van der Waals surface area contributed by atoms with Crippen molar-refractivity contribution in [1.29, 1.82) is 0 Å². The Morgan fingerprint density at radius 3 is 2.84 bits per heavy atom. The Kier molecular flexibility index (Phi) is 7.00. The molecule has 1 amide bonds. The van der Waals surface area contributed by atoms with Gasteiger partial charge in [-0.25, -0.2) is 0 Å². The van der Waals surface area contributed by atoms with Crippen molar-refractivity contribution in [2.45, 2.75) is 38.2 Å². The van der Waals surface area contributed by atoms with E-state index in [4.69, 9.17) is 27.9 Å². The second-order valence-corrected chi connectivity index (χ2v) is 7.67. The molecule has 3 rings (SSSR count). The number of aryl methyl sites for hydroxylation is 1. The van der Waals surface area contributed by atoms with Crippen molar-refractivity contribution >= 4 is 29.1 Å². The summed E-state index contributed by atoms with van der Waals surface area (Å²) < 4.78 is 5.73. The van der Waals surface area contributed by atoms with E-state index in [1.165, 1.54) is 12.8 Å². The van der Waals surface area contributed by atoms with Gasteiger partial charge in [-0.15, -0.1) is 0 Å². The Morgan fingerprint density at radius 2 is 2.04 bits per heavy atom. The lowest BCUT2D eigenvalue weighted by Crippen LogP contribution is -2.37. The maximum Gasteiger partial charge on any atom is 0.222 e. The maximum atomic E-state index is 12.6. The Balaban J connectivity index is 1.46. The van der Waals surface area contributed by atoms with Crippen LogP contribution in [0.4, 0.5) is 0 Å². The van der Waals surface area contributed by atoms with Gasteiger partial charge in [0.15, 0.2) is 0 Å². The van der Waals surface area contributed by atoms with Crippen molar-refractivity contribution in [3.8, 4) is 0 Å². The predicted molar refractivity (Wildman–Crippen MR) is 101 cm³/mol. The van der Waals surface area contributed by atoms with Gasteiger partial charge in [-0.05, 0) is 43.9 Å². The monoisotopic (exact) mass is 384 g/mol. The van der Waals surface area contributed by atoms with Gasteiger partial charge in [0.05, 0.1) is 16.1 Å². The van der Waals surface area contributed by atoms with E-state index in [0.29, 0.717) is 29.0 Å². The summed E-state index contributed by atoms with van der Waals surface area (Å²) in [6.07, 6.45) is 4.86. The van der Waals surface area contributed by atoms with Crippen LogP contribution in [-0.2, 0) is 16.0 Å². The smallest absolute Gasteiger partial charge is 0.222 e. The van der Waals surface area contributed by atoms with Crippen molar-refractivity contribution in [2.75, 3.05) is 39.3 Å². The number of benzene rings is 1. The third kappa shape index (κ3) is 5.33. The number of hydrogen-bond donors (Lipinski definition) is 0. The molecular formula is C19H26Cl2N2O2. The highest BCUT2D eigenvalue weighted by Crippen LogP contribution is 2.26. The van der Waals surface area contributed by atoms with E-state index >= 15 is 0 Å². The first kappa shape index (κ1) is 19.0. The highest BCUT2D eigenvalue weighted by molar-refractivity contribution is 6.42. The lowest BCUT2D eigenvalue weighted by atomic mass is 10.1. The van der Waals surface area contributed by atoms with E-state index in [1.54, 1.807) is 6.07 Å². The standard InChI is InChI=1S/C19H26Cl2N2O2/c20-17-6-1-4-15(19(17)21)7-8-18(24)23-10-3-9-22(11-12-23)14-16-5-2-13-25-16/h1,4,6,16H,2-3,5,7-14H2. The summed E-state index contributed by atoms with van der Waals surface area (Å²) in [6.45, 7) is 5.52. The fraction of sp³-hybridized carbons (Fsp3) is 0.632.